The standard InChI is InChI=1S/C13H19N3O2/c1-4-12(17)14-10-5-7-11(8-6-10)15-13(18)9-16(2)3/h5-8H,4,9H2,1-3H3,(H,14,17)(H,15,18). The summed E-state index contributed by atoms with van der Waals surface area (Å²) in [4.78, 5) is 24.5. The van der Waals surface area contributed by atoms with Crippen LogP contribution in [-0.4, -0.2) is 37.4 Å². The van der Waals surface area contributed by atoms with Gasteiger partial charge in [0.15, 0.2) is 0 Å². The van der Waals surface area contributed by atoms with Crippen molar-refractivity contribution < 1.29 is 9.59 Å². The summed E-state index contributed by atoms with van der Waals surface area (Å²) in [5.41, 5.74) is 1.45. The lowest BCUT2D eigenvalue weighted by atomic mass is 10.2. The molecular weight excluding hydrogens is 230 g/mol. The molecule has 0 bridgehead atoms. The second-order valence-electron chi connectivity index (χ2n) is 4.27. The van der Waals surface area contributed by atoms with Crippen molar-refractivity contribution in [3.8, 4) is 0 Å². The number of amides is 2. The number of benzene rings is 1. The van der Waals surface area contributed by atoms with Gasteiger partial charge in [-0.2, -0.15) is 0 Å². The van der Waals surface area contributed by atoms with E-state index in [1.807, 2.05) is 14.1 Å². The third-order valence-electron chi connectivity index (χ3n) is 2.23. The molecular formula is C13H19N3O2. The molecule has 18 heavy (non-hydrogen) atoms. The SMILES string of the molecule is CCC(=O)Nc1ccc(NC(=O)CN(C)C)cc1. The number of nitrogens with one attached hydrogen (secondary N) is 2. The van der Waals surface area contributed by atoms with Gasteiger partial charge in [0.25, 0.3) is 0 Å². The van der Waals surface area contributed by atoms with Crippen LogP contribution in [0.3, 0.4) is 0 Å². The number of hydrogen-bond acceptors (Lipinski definition) is 3. The summed E-state index contributed by atoms with van der Waals surface area (Å²) < 4.78 is 0. The molecule has 0 radical (unpaired) electrons. The Morgan fingerprint density at radius 1 is 1.00 bits per heavy atom. The van der Waals surface area contributed by atoms with Gasteiger partial charge in [-0.1, -0.05) is 6.92 Å². The third-order valence-corrected chi connectivity index (χ3v) is 2.23. The predicted octanol–water partition coefficient (Wildman–Crippen LogP) is 1.54. The van der Waals surface area contributed by atoms with Crippen LogP contribution >= 0.6 is 0 Å². The van der Waals surface area contributed by atoms with Crippen molar-refractivity contribution >= 4 is 23.2 Å². The normalized spacial score (nSPS) is 10.2. The molecule has 1 aromatic carbocycles. The molecule has 0 aliphatic heterocycles. The van der Waals surface area contributed by atoms with Crippen molar-refractivity contribution in [2.75, 3.05) is 31.3 Å². The van der Waals surface area contributed by atoms with E-state index in [1.54, 1.807) is 36.1 Å². The Labute approximate surface area is 107 Å². The van der Waals surface area contributed by atoms with Crippen LogP contribution in [0, 0.1) is 0 Å². The van der Waals surface area contributed by atoms with Crippen molar-refractivity contribution in [1.82, 2.24) is 4.90 Å². The molecule has 0 saturated heterocycles. The van der Waals surface area contributed by atoms with E-state index < -0.39 is 0 Å². The van der Waals surface area contributed by atoms with E-state index in [0.717, 1.165) is 11.4 Å². The van der Waals surface area contributed by atoms with Crippen LogP contribution in [0.4, 0.5) is 11.4 Å². The summed E-state index contributed by atoms with van der Waals surface area (Å²) >= 11 is 0. The minimum Gasteiger partial charge on any atom is -0.326 e. The van der Waals surface area contributed by atoms with Gasteiger partial charge in [-0.05, 0) is 38.4 Å². The van der Waals surface area contributed by atoms with E-state index in [1.165, 1.54) is 0 Å². The zero-order chi connectivity index (χ0) is 13.5. The van der Waals surface area contributed by atoms with Crippen molar-refractivity contribution in [1.29, 1.82) is 0 Å². The van der Waals surface area contributed by atoms with Gasteiger partial charge in [0.1, 0.15) is 0 Å². The number of anilines is 2. The molecule has 0 aliphatic rings. The first-order valence-corrected chi connectivity index (χ1v) is 5.85. The molecule has 1 aromatic rings. The Bertz CT molecular complexity index is 413. The summed E-state index contributed by atoms with van der Waals surface area (Å²) in [6, 6.07) is 7.05. The lowest BCUT2D eigenvalue weighted by Gasteiger charge is -2.10. The van der Waals surface area contributed by atoms with Crippen LogP contribution in [0.15, 0.2) is 24.3 Å². The van der Waals surface area contributed by atoms with Gasteiger partial charge in [-0.25, -0.2) is 0 Å². The highest BCUT2D eigenvalue weighted by molar-refractivity contribution is 5.93. The number of rotatable bonds is 5. The fraction of sp³-hybridized carbons (Fsp3) is 0.385. The van der Waals surface area contributed by atoms with Crippen LogP contribution in [0.5, 0.6) is 0 Å². The van der Waals surface area contributed by atoms with Crippen LogP contribution in [0.2, 0.25) is 0 Å². The third kappa shape index (κ3) is 4.97. The first-order valence-electron chi connectivity index (χ1n) is 5.85. The number of carbonyl (C=O) groups excluding carboxylic acids is 2. The van der Waals surface area contributed by atoms with E-state index in [-0.39, 0.29) is 11.8 Å². The van der Waals surface area contributed by atoms with Gasteiger partial charge in [0.05, 0.1) is 6.54 Å². The van der Waals surface area contributed by atoms with E-state index >= 15 is 0 Å². The second kappa shape index (κ2) is 6.76. The minimum absolute atomic E-state index is 0.0283. The van der Waals surface area contributed by atoms with Crippen LogP contribution in [-0.2, 0) is 9.59 Å². The predicted molar refractivity (Wildman–Crippen MR) is 72.5 cm³/mol. The van der Waals surface area contributed by atoms with Crippen molar-refractivity contribution in [3.63, 3.8) is 0 Å². The summed E-state index contributed by atoms with van der Waals surface area (Å²) in [5, 5.41) is 5.52. The molecule has 0 spiro atoms. The maximum atomic E-state index is 11.5. The van der Waals surface area contributed by atoms with Gasteiger partial charge >= 0.3 is 0 Å². The first kappa shape index (κ1) is 14.2. The molecule has 0 unspecified atom stereocenters. The molecule has 0 saturated carbocycles. The molecule has 1 rings (SSSR count). The fourth-order valence-corrected chi connectivity index (χ4v) is 1.37. The molecule has 0 aliphatic carbocycles. The molecule has 0 fully saturated rings. The Morgan fingerprint density at radius 2 is 1.44 bits per heavy atom. The Balaban J connectivity index is 2.55. The molecule has 0 atom stereocenters. The lowest BCUT2D eigenvalue weighted by molar-refractivity contribution is -0.117. The molecule has 5 nitrogen and oxygen atoms in total. The smallest absolute Gasteiger partial charge is 0.238 e. The molecule has 2 amide bonds. The van der Waals surface area contributed by atoms with Gasteiger partial charge in [-0.15, -0.1) is 0 Å². The molecule has 0 aromatic heterocycles. The second-order valence-corrected chi connectivity index (χ2v) is 4.27. The van der Waals surface area contributed by atoms with Gasteiger partial charge in [0.2, 0.25) is 11.8 Å². The topological polar surface area (TPSA) is 61.4 Å². The Kier molecular flexibility index (Phi) is 5.32. The Hall–Kier alpha value is -1.88. The molecule has 5 heteroatoms. The Morgan fingerprint density at radius 3 is 1.83 bits per heavy atom. The summed E-state index contributed by atoms with van der Waals surface area (Å²) in [6.45, 7) is 2.14. The van der Waals surface area contributed by atoms with Gasteiger partial charge in [-0.3, -0.25) is 9.59 Å². The number of likely N-dealkylation sites (N-methyl/N-ethyl adjacent to an activating group) is 1. The van der Waals surface area contributed by atoms with E-state index in [4.69, 9.17) is 0 Å². The summed E-state index contributed by atoms with van der Waals surface area (Å²) in [7, 11) is 3.67. The lowest BCUT2D eigenvalue weighted by Crippen LogP contribution is -2.27. The van der Waals surface area contributed by atoms with Crippen molar-refractivity contribution in [2.24, 2.45) is 0 Å². The first-order chi connectivity index (χ1) is 8.51. The fourth-order valence-electron chi connectivity index (χ4n) is 1.37. The average Bonchev–Trinajstić information content (AvgIpc) is 2.30. The maximum Gasteiger partial charge on any atom is 0.238 e. The highest BCUT2D eigenvalue weighted by Gasteiger charge is 2.04. The van der Waals surface area contributed by atoms with Gasteiger partial charge < -0.3 is 15.5 Å². The largest absolute Gasteiger partial charge is 0.326 e. The maximum absolute atomic E-state index is 11.5. The molecule has 2 N–H and O–H groups in total. The molecule has 0 heterocycles. The van der Waals surface area contributed by atoms with Crippen LogP contribution in [0.1, 0.15) is 13.3 Å². The highest BCUT2D eigenvalue weighted by Crippen LogP contribution is 2.13. The van der Waals surface area contributed by atoms with Crippen LogP contribution in [0.25, 0.3) is 0 Å². The quantitative estimate of drug-likeness (QED) is 0.832. The zero-order valence-corrected chi connectivity index (χ0v) is 11.0. The number of nitrogens with zero attached hydrogens (tertiary/aromatic N) is 1. The number of carbonyl (C=O) groups is 2. The van der Waals surface area contributed by atoms with Crippen molar-refractivity contribution in [3.05, 3.63) is 24.3 Å². The number of hydrogen-bond donors (Lipinski definition) is 2. The van der Waals surface area contributed by atoms with Gasteiger partial charge in [0, 0.05) is 17.8 Å². The average molecular weight is 249 g/mol. The van der Waals surface area contributed by atoms with E-state index in [2.05, 4.69) is 10.6 Å². The van der Waals surface area contributed by atoms with Crippen LogP contribution < -0.4 is 10.6 Å². The molecule has 98 valence electrons. The monoisotopic (exact) mass is 249 g/mol. The summed E-state index contributed by atoms with van der Waals surface area (Å²) in [6.07, 6.45) is 0.446. The summed E-state index contributed by atoms with van der Waals surface area (Å²) in [5.74, 6) is -0.0928. The van der Waals surface area contributed by atoms with E-state index in [0.29, 0.717) is 13.0 Å². The van der Waals surface area contributed by atoms with E-state index in [9.17, 15) is 9.59 Å². The van der Waals surface area contributed by atoms with Crippen molar-refractivity contribution in [2.45, 2.75) is 13.3 Å². The zero-order valence-electron chi connectivity index (χ0n) is 11.0. The highest BCUT2D eigenvalue weighted by atomic mass is 16.2. The minimum atomic E-state index is -0.0645.